The highest BCUT2D eigenvalue weighted by atomic mass is 16.6. The highest BCUT2D eigenvalue weighted by Crippen LogP contribution is 2.22. The Kier molecular flexibility index (Phi) is 7.67. The van der Waals surface area contributed by atoms with Crippen molar-refractivity contribution in [2.75, 3.05) is 25.0 Å². The first-order valence-corrected chi connectivity index (χ1v) is 13.5. The Hall–Kier alpha value is -3.81. The Bertz CT molecular complexity index is 1250. The number of aryl methyl sites for hydroxylation is 2. The molecule has 1 aromatic heterocycles. The third-order valence-corrected chi connectivity index (χ3v) is 6.79. The number of fused-ring (bicyclic) bond motifs is 1. The van der Waals surface area contributed by atoms with Crippen molar-refractivity contribution in [2.45, 2.75) is 64.3 Å². The molecule has 0 radical (unpaired) electrons. The van der Waals surface area contributed by atoms with Crippen molar-refractivity contribution in [3.63, 3.8) is 0 Å². The van der Waals surface area contributed by atoms with Crippen molar-refractivity contribution >= 4 is 17.6 Å². The van der Waals surface area contributed by atoms with Crippen LogP contribution in [0.25, 0.3) is 0 Å². The van der Waals surface area contributed by atoms with Gasteiger partial charge in [-0.3, -0.25) is 9.67 Å². The van der Waals surface area contributed by atoms with Crippen molar-refractivity contribution < 1.29 is 9.53 Å². The fourth-order valence-electron chi connectivity index (χ4n) is 4.92. The average Bonchev–Trinajstić information content (AvgIpc) is 3.50. The van der Waals surface area contributed by atoms with Gasteiger partial charge >= 0.3 is 6.09 Å². The molecular weight excluding hydrogens is 476 g/mol. The molecule has 3 heterocycles. The van der Waals surface area contributed by atoms with E-state index >= 15 is 0 Å². The first kappa shape index (κ1) is 25.8. The maximum atomic E-state index is 12.6. The van der Waals surface area contributed by atoms with Crippen LogP contribution in [0.3, 0.4) is 0 Å². The Balaban J connectivity index is 1.33. The number of amidine groups is 1. The average molecular weight is 515 g/mol. The molecule has 0 spiro atoms. The number of nitrogens with one attached hydrogen (secondary N) is 2. The van der Waals surface area contributed by atoms with Crippen LogP contribution in [0, 0.1) is 0 Å². The molecule has 0 unspecified atom stereocenters. The zero-order valence-corrected chi connectivity index (χ0v) is 22.6. The van der Waals surface area contributed by atoms with Crippen LogP contribution in [0.5, 0.6) is 0 Å². The zero-order chi connectivity index (χ0) is 26.5. The first-order valence-electron chi connectivity index (χ1n) is 13.5. The van der Waals surface area contributed by atoms with Crippen LogP contribution in [0.2, 0.25) is 0 Å². The molecule has 1 fully saturated rings. The molecule has 1 saturated heterocycles. The molecule has 8 nitrogen and oxygen atoms in total. The van der Waals surface area contributed by atoms with Gasteiger partial charge in [0.15, 0.2) is 11.5 Å². The van der Waals surface area contributed by atoms with Gasteiger partial charge in [-0.15, -0.1) is 0 Å². The fraction of sp³-hybridized carbons (Fsp3) is 0.433. The van der Waals surface area contributed by atoms with E-state index < -0.39 is 5.60 Å². The van der Waals surface area contributed by atoms with Gasteiger partial charge in [0.05, 0.1) is 11.7 Å². The number of hydrogen-bond acceptors (Lipinski definition) is 6. The van der Waals surface area contributed by atoms with Crippen LogP contribution in [-0.2, 0) is 24.1 Å². The normalized spacial score (nSPS) is 19.2. The number of aliphatic imine (C=N–C) groups is 1. The number of aromatic nitrogens is 2. The fourth-order valence-corrected chi connectivity index (χ4v) is 4.92. The zero-order valence-electron chi connectivity index (χ0n) is 22.6. The van der Waals surface area contributed by atoms with Gasteiger partial charge in [0.2, 0.25) is 0 Å². The second-order valence-electron chi connectivity index (χ2n) is 11.1. The maximum Gasteiger partial charge on any atom is 0.410 e. The molecule has 2 aliphatic rings. The molecule has 0 bridgehead atoms. The summed E-state index contributed by atoms with van der Waals surface area (Å²) in [6, 6.07) is 21.1. The lowest BCUT2D eigenvalue weighted by Gasteiger charge is -2.24. The standard InChI is InChI=1S/C30H38N6O2/c1-30(2,3)38-29(37)35-16-15-24(20-35)32-28-27-26(21-36(34-27)17-14-22-10-6-4-7-11-22)31-19-25(33-28)18-23-12-8-5-9-13-23/h4-13,21,24-25,31H,14-20H2,1-3H3,(H,32,33)/t24-,25+/m0/s1. The van der Waals surface area contributed by atoms with Crippen LogP contribution in [0.4, 0.5) is 10.5 Å². The van der Waals surface area contributed by atoms with E-state index in [-0.39, 0.29) is 18.2 Å². The van der Waals surface area contributed by atoms with E-state index in [0.717, 1.165) is 49.6 Å². The van der Waals surface area contributed by atoms with Crippen molar-refractivity contribution in [1.82, 2.24) is 20.0 Å². The van der Waals surface area contributed by atoms with Gasteiger partial charge in [0.25, 0.3) is 0 Å². The second kappa shape index (κ2) is 11.3. The molecule has 1 amide bonds. The van der Waals surface area contributed by atoms with Crippen molar-refractivity contribution in [3.8, 4) is 0 Å². The van der Waals surface area contributed by atoms with Gasteiger partial charge in [-0.25, -0.2) is 4.79 Å². The summed E-state index contributed by atoms with van der Waals surface area (Å²) in [5.74, 6) is 0.792. The number of benzene rings is 2. The molecule has 2 aromatic carbocycles. The smallest absolute Gasteiger partial charge is 0.410 e. The number of carbonyl (C=O) groups excluding carboxylic acids is 1. The molecular formula is C30H38N6O2. The van der Waals surface area contributed by atoms with Crippen molar-refractivity contribution in [2.24, 2.45) is 4.99 Å². The topological polar surface area (TPSA) is 83.8 Å². The summed E-state index contributed by atoms with van der Waals surface area (Å²) in [5.41, 5.74) is 3.86. The molecule has 2 N–H and O–H groups in total. The Morgan fingerprint density at radius 2 is 1.79 bits per heavy atom. The minimum absolute atomic E-state index is 0.0650. The number of amides is 1. The van der Waals surface area contributed by atoms with E-state index in [1.165, 1.54) is 11.1 Å². The number of rotatable bonds is 6. The number of carbonyl (C=O) groups is 1. The van der Waals surface area contributed by atoms with Crippen LogP contribution in [-0.4, -0.2) is 63.9 Å². The number of ether oxygens (including phenoxy) is 1. The Morgan fingerprint density at radius 3 is 2.50 bits per heavy atom. The molecule has 0 saturated carbocycles. The highest BCUT2D eigenvalue weighted by molar-refractivity contribution is 6.02. The molecule has 2 aliphatic heterocycles. The lowest BCUT2D eigenvalue weighted by molar-refractivity contribution is 0.0292. The maximum absolute atomic E-state index is 12.6. The summed E-state index contributed by atoms with van der Waals surface area (Å²) < 4.78 is 7.59. The summed E-state index contributed by atoms with van der Waals surface area (Å²) in [7, 11) is 0. The van der Waals surface area contributed by atoms with Crippen LogP contribution >= 0.6 is 0 Å². The minimum atomic E-state index is -0.508. The second-order valence-corrected chi connectivity index (χ2v) is 11.1. The van der Waals surface area contributed by atoms with Gasteiger partial charge in [0.1, 0.15) is 5.60 Å². The number of hydrogen-bond donors (Lipinski definition) is 2. The van der Waals surface area contributed by atoms with Gasteiger partial charge in [-0.05, 0) is 51.2 Å². The molecule has 0 aliphatic carbocycles. The predicted molar refractivity (Wildman–Crippen MR) is 151 cm³/mol. The van der Waals surface area contributed by atoms with Gasteiger partial charge in [0, 0.05) is 38.4 Å². The van der Waals surface area contributed by atoms with Crippen LogP contribution < -0.4 is 10.6 Å². The Labute approximate surface area is 225 Å². The quantitative estimate of drug-likeness (QED) is 0.506. The molecule has 8 heteroatoms. The summed E-state index contributed by atoms with van der Waals surface area (Å²) in [6.07, 6.45) is 4.40. The number of nitrogens with zero attached hydrogens (tertiary/aromatic N) is 4. The van der Waals surface area contributed by atoms with E-state index in [1.807, 2.05) is 37.6 Å². The van der Waals surface area contributed by atoms with Gasteiger partial charge in [-0.2, -0.15) is 5.10 Å². The number of likely N-dealkylation sites (tertiary alicyclic amines) is 1. The molecule has 2 atom stereocenters. The van der Waals surface area contributed by atoms with E-state index in [4.69, 9.17) is 14.8 Å². The van der Waals surface area contributed by atoms with Gasteiger partial charge in [-0.1, -0.05) is 60.7 Å². The summed E-state index contributed by atoms with van der Waals surface area (Å²) in [6.45, 7) is 8.44. The van der Waals surface area contributed by atoms with E-state index in [9.17, 15) is 4.79 Å². The highest BCUT2D eigenvalue weighted by Gasteiger charge is 2.32. The lowest BCUT2D eigenvalue weighted by Crippen LogP contribution is -2.41. The summed E-state index contributed by atoms with van der Waals surface area (Å²) in [5, 5.41) is 12.2. The molecule has 38 heavy (non-hydrogen) atoms. The van der Waals surface area contributed by atoms with Crippen molar-refractivity contribution in [3.05, 3.63) is 83.7 Å². The van der Waals surface area contributed by atoms with Crippen LogP contribution in [0.1, 0.15) is 44.0 Å². The summed E-state index contributed by atoms with van der Waals surface area (Å²) in [4.78, 5) is 19.6. The largest absolute Gasteiger partial charge is 0.444 e. The molecule has 200 valence electrons. The third-order valence-electron chi connectivity index (χ3n) is 6.79. The third kappa shape index (κ3) is 6.73. The van der Waals surface area contributed by atoms with Gasteiger partial charge < -0.3 is 20.3 Å². The van der Waals surface area contributed by atoms with Crippen molar-refractivity contribution in [1.29, 1.82) is 0 Å². The molecule has 3 aromatic rings. The van der Waals surface area contributed by atoms with E-state index in [2.05, 4.69) is 65.4 Å². The number of anilines is 1. The van der Waals surface area contributed by atoms with E-state index in [1.54, 1.807) is 4.90 Å². The van der Waals surface area contributed by atoms with E-state index in [0.29, 0.717) is 13.1 Å². The SMILES string of the molecule is CC(C)(C)OC(=O)N1CC[C@H](NC2=N[C@H](Cc3ccccc3)CNc3cn(CCc4ccccc4)nc32)C1. The first-order chi connectivity index (χ1) is 18.3. The molecule has 5 rings (SSSR count). The summed E-state index contributed by atoms with van der Waals surface area (Å²) >= 11 is 0. The predicted octanol–water partition coefficient (Wildman–Crippen LogP) is 4.51. The lowest BCUT2D eigenvalue weighted by atomic mass is 10.1. The minimum Gasteiger partial charge on any atom is -0.444 e. The monoisotopic (exact) mass is 514 g/mol. The Morgan fingerprint density at radius 1 is 1.08 bits per heavy atom. The van der Waals surface area contributed by atoms with Crippen LogP contribution in [0.15, 0.2) is 71.9 Å².